The van der Waals surface area contributed by atoms with Crippen LogP contribution in [0.5, 0.6) is 0 Å². The molecule has 0 saturated carbocycles. The van der Waals surface area contributed by atoms with Gasteiger partial charge in [0.15, 0.2) is 0 Å². The molecule has 0 spiro atoms. The lowest BCUT2D eigenvalue weighted by atomic mass is 10.1. The summed E-state index contributed by atoms with van der Waals surface area (Å²) in [5, 5.41) is 3.73. The molecule has 3 rings (SSSR count). The molecule has 2 aliphatic heterocycles. The number of aryl methyl sites for hydroxylation is 1. The molecule has 2 aliphatic rings. The largest absolute Gasteiger partial charge is 0.310 e. The maximum atomic E-state index is 4.52. The Hall–Kier alpha value is -1.00. The van der Waals surface area contributed by atoms with Gasteiger partial charge in [-0.3, -0.25) is 14.9 Å². The molecule has 18 heavy (non-hydrogen) atoms. The van der Waals surface area contributed by atoms with Crippen LogP contribution in [-0.2, 0) is 0 Å². The van der Waals surface area contributed by atoms with Crippen molar-refractivity contribution >= 4 is 0 Å². The van der Waals surface area contributed by atoms with Crippen molar-refractivity contribution in [1.82, 2.24) is 20.2 Å². The number of hydrogen-bond acceptors (Lipinski definition) is 4. The van der Waals surface area contributed by atoms with E-state index in [0.29, 0.717) is 12.1 Å². The maximum Gasteiger partial charge on any atom is 0.0784 e. The van der Waals surface area contributed by atoms with Crippen LogP contribution in [0, 0.1) is 6.92 Å². The molecule has 3 heterocycles. The molecule has 98 valence electrons. The minimum atomic E-state index is 0.375. The second-order valence-corrected chi connectivity index (χ2v) is 5.62. The van der Waals surface area contributed by atoms with Crippen molar-refractivity contribution in [1.29, 1.82) is 0 Å². The van der Waals surface area contributed by atoms with Crippen molar-refractivity contribution in [3.8, 4) is 0 Å². The van der Waals surface area contributed by atoms with E-state index in [1.807, 2.05) is 0 Å². The highest BCUT2D eigenvalue weighted by molar-refractivity contribution is 5.13. The molecule has 0 aliphatic carbocycles. The topological polar surface area (TPSA) is 41.1 Å². The van der Waals surface area contributed by atoms with Gasteiger partial charge in [-0.1, -0.05) is 0 Å². The Balaban J connectivity index is 1.76. The Morgan fingerprint density at radius 3 is 2.83 bits per heavy atom. The summed E-state index contributed by atoms with van der Waals surface area (Å²) in [4.78, 5) is 11.4. The molecule has 4 nitrogen and oxygen atoms in total. The van der Waals surface area contributed by atoms with Crippen LogP contribution in [0.1, 0.15) is 43.6 Å². The fraction of sp³-hybridized carbons (Fsp3) is 0.714. The van der Waals surface area contributed by atoms with E-state index in [1.165, 1.54) is 25.8 Å². The number of rotatable bonds is 2. The van der Waals surface area contributed by atoms with E-state index in [4.69, 9.17) is 0 Å². The van der Waals surface area contributed by atoms with Gasteiger partial charge in [-0.2, -0.15) is 0 Å². The number of fused-ring (bicyclic) bond motifs is 2. The van der Waals surface area contributed by atoms with Gasteiger partial charge in [0, 0.05) is 37.6 Å². The average molecular weight is 246 g/mol. The van der Waals surface area contributed by atoms with Crippen LogP contribution < -0.4 is 5.32 Å². The van der Waals surface area contributed by atoms with E-state index in [-0.39, 0.29) is 0 Å². The Morgan fingerprint density at radius 2 is 2.00 bits per heavy atom. The van der Waals surface area contributed by atoms with Crippen LogP contribution in [0.25, 0.3) is 0 Å². The van der Waals surface area contributed by atoms with Gasteiger partial charge in [0.05, 0.1) is 17.4 Å². The Kier molecular flexibility index (Phi) is 3.31. The lowest BCUT2D eigenvalue weighted by molar-refractivity contribution is 0.195. The zero-order chi connectivity index (χ0) is 12.5. The van der Waals surface area contributed by atoms with E-state index in [0.717, 1.165) is 24.0 Å². The first-order valence-corrected chi connectivity index (χ1v) is 7.01. The van der Waals surface area contributed by atoms with E-state index in [2.05, 4.69) is 34.0 Å². The number of nitrogens with one attached hydrogen (secondary N) is 1. The highest BCUT2D eigenvalue weighted by Crippen LogP contribution is 2.27. The number of aromatic nitrogens is 2. The lowest BCUT2D eigenvalue weighted by Gasteiger charge is -2.30. The average Bonchev–Trinajstić information content (AvgIpc) is 2.69. The van der Waals surface area contributed by atoms with Crippen molar-refractivity contribution in [2.75, 3.05) is 13.1 Å². The fourth-order valence-electron chi connectivity index (χ4n) is 3.32. The molecule has 1 aromatic heterocycles. The highest BCUT2D eigenvalue weighted by Gasteiger charge is 2.31. The molecule has 1 N–H and O–H groups in total. The van der Waals surface area contributed by atoms with Crippen molar-refractivity contribution < 1.29 is 0 Å². The normalized spacial score (nSPS) is 30.1. The first-order chi connectivity index (χ1) is 8.74. The summed E-state index contributed by atoms with van der Waals surface area (Å²) in [6.45, 7) is 6.64. The number of likely N-dealkylation sites (tertiary alicyclic amines) is 1. The Labute approximate surface area is 109 Å². The SMILES string of the molecule is Cc1nccnc1C(C)N1CCC2CCC(C1)N2. The summed E-state index contributed by atoms with van der Waals surface area (Å²) in [7, 11) is 0. The molecule has 3 atom stereocenters. The molecular weight excluding hydrogens is 224 g/mol. The van der Waals surface area contributed by atoms with Gasteiger partial charge >= 0.3 is 0 Å². The smallest absolute Gasteiger partial charge is 0.0784 e. The highest BCUT2D eigenvalue weighted by atomic mass is 15.2. The Bertz CT molecular complexity index is 420. The van der Waals surface area contributed by atoms with Crippen LogP contribution in [0.4, 0.5) is 0 Å². The van der Waals surface area contributed by atoms with Gasteiger partial charge in [0.25, 0.3) is 0 Å². The molecular formula is C14H22N4. The van der Waals surface area contributed by atoms with Crippen molar-refractivity contribution in [2.45, 2.75) is 51.2 Å². The first kappa shape index (κ1) is 12.1. The van der Waals surface area contributed by atoms with E-state index in [9.17, 15) is 0 Å². The zero-order valence-corrected chi connectivity index (χ0v) is 11.3. The summed E-state index contributed by atoms with van der Waals surface area (Å²) >= 11 is 0. The van der Waals surface area contributed by atoms with Crippen LogP contribution in [0.2, 0.25) is 0 Å². The second-order valence-electron chi connectivity index (χ2n) is 5.62. The van der Waals surface area contributed by atoms with Crippen LogP contribution >= 0.6 is 0 Å². The number of nitrogens with zero attached hydrogens (tertiary/aromatic N) is 3. The Morgan fingerprint density at radius 1 is 1.22 bits per heavy atom. The summed E-state index contributed by atoms with van der Waals surface area (Å²) in [5.41, 5.74) is 2.20. The summed E-state index contributed by atoms with van der Waals surface area (Å²) in [6, 6.07) is 1.80. The van der Waals surface area contributed by atoms with Gasteiger partial charge in [0.1, 0.15) is 0 Å². The third-order valence-electron chi connectivity index (χ3n) is 4.42. The van der Waals surface area contributed by atoms with Gasteiger partial charge in [-0.15, -0.1) is 0 Å². The molecule has 2 bridgehead atoms. The molecule has 4 heteroatoms. The molecule has 3 unspecified atom stereocenters. The molecule has 0 aromatic carbocycles. The molecule has 1 aromatic rings. The minimum absolute atomic E-state index is 0.375. The molecule has 2 saturated heterocycles. The predicted octanol–water partition coefficient (Wildman–Crippen LogP) is 1.67. The lowest BCUT2D eigenvalue weighted by Crippen LogP contribution is -2.37. The third-order valence-corrected chi connectivity index (χ3v) is 4.42. The maximum absolute atomic E-state index is 4.52. The van der Waals surface area contributed by atoms with Gasteiger partial charge in [-0.25, -0.2) is 0 Å². The minimum Gasteiger partial charge on any atom is -0.310 e. The van der Waals surface area contributed by atoms with Crippen LogP contribution in [0.3, 0.4) is 0 Å². The molecule has 0 amide bonds. The predicted molar refractivity (Wildman–Crippen MR) is 71.3 cm³/mol. The van der Waals surface area contributed by atoms with E-state index < -0.39 is 0 Å². The van der Waals surface area contributed by atoms with E-state index >= 15 is 0 Å². The molecule has 0 radical (unpaired) electrons. The first-order valence-electron chi connectivity index (χ1n) is 7.01. The van der Waals surface area contributed by atoms with Crippen molar-refractivity contribution in [2.24, 2.45) is 0 Å². The van der Waals surface area contributed by atoms with E-state index in [1.54, 1.807) is 12.4 Å². The van der Waals surface area contributed by atoms with Gasteiger partial charge < -0.3 is 5.32 Å². The molecule has 2 fully saturated rings. The quantitative estimate of drug-likeness (QED) is 0.862. The van der Waals surface area contributed by atoms with Crippen molar-refractivity contribution in [3.05, 3.63) is 23.8 Å². The monoisotopic (exact) mass is 246 g/mol. The summed E-state index contributed by atoms with van der Waals surface area (Å²) < 4.78 is 0. The van der Waals surface area contributed by atoms with Crippen LogP contribution in [0.15, 0.2) is 12.4 Å². The van der Waals surface area contributed by atoms with Crippen LogP contribution in [-0.4, -0.2) is 40.0 Å². The number of hydrogen-bond donors (Lipinski definition) is 1. The van der Waals surface area contributed by atoms with Crippen molar-refractivity contribution in [3.63, 3.8) is 0 Å². The zero-order valence-electron chi connectivity index (χ0n) is 11.3. The second kappa shape index (κ2) is 4.94. The summed E-state index contributed by atoms with van der Waals surface area (Å²) in [6.07, 6.45) is 7.53. The fourth-order valence-corrected chi connectivity index (χ4v) is 3.32. The third kappa shape index (κ3) is 2.27. The van der Waals surface area contributed by atoms with Gasteiger partial charge in [0.2, 0.25) is 0 Å². The van der Waals surface area contributed by atoms with Gasteiger partial charge in [-0.05, 0) is 33.1 Å². The standard InChI is InChI=1S/C14H22N4/c1-10-14(16-7-6-15-10)11(2)18-8-5-12-3-4-13(9-18)17-12/h6-7,11-13,17H,3-5,8-9H2,1-2H3. The summed E-state index contributed by atoms with van der Waals surface area (Å²) in [5.74, 6) is 0.